The lowest BCUT2D eigenvalue weighted by Crippen LogP contribution is -2.36. The van der Waals surface area contributed by atoms with E-state index in [0.29, 0.717) is 19.5 Å². The molecule has 0 unspecified atom stereocenters. The lowest BCUT2D eigenvalue weighted by atomic mass is 10.1. The minimum atomic E-state index is -0.855. The van der Waals surface area contributed by atoms with Crippen molar-refractivity contribution in [2.45, 2.75) is 26.2 Å². The van der Waals surface area contributed by atoms with Crippen LogP contribution in [0.25, 0.3) is 0 Å². The molecule has 0 radical (unpaired) electrons. The van der Waals surface area contributed by atoms with Crippen molar-refractivity contribution in [3.8, 4) is 0 Å². The number of anilines is 1. The zero-order chi connectivity index (χ0) is 17.3. The van der Waals surface area contributed by atoms with Crippen LogP contribution in [-0.2, 0) is 20.8 Å². The number of aryl methyl sites for hydroxylation is 1. The highest BCUT2D eigenvalue weighted by molar-refractivity contribution is 6.01. The third-order valence-electron chi connectivity index (χ3n) is 4.99. The molecule has 0 bridgehead atoms. The molecule has 2 saturated heterocycles. The molecule has 1 N–H and O–H groups in total. The van der Waals surface area contributed by atoms with Crippen molar-refractivity contribution >= 4 is 23.5 Å². The molecule has 2 heterocycles. The molecule has 6 heteroatoms. The molecule has 1 aromatic rings. The fourth-order valence-electron chi connectivity index (χ4n) is 3.60. The molecule has 128 valence electrons. The predicted octanol–water partition coefficient (Wildman–Crippen LogP) is 1.53. The van der Waals surface area contributed by atoms with Gasteiger partial charge in [-0.05, 0) is 24.5 Å². The first-order chi connectivity index (χ1) is 11.5. The van der Waals surface area contributed by atoms with Crippen molar-refractivity contribution in [2.75, 3.05) is 24.5 Å². The van der Waals surface area contributed by atoms with Gasteiger partial charge in [0.2, 0.25) is 11.8 Å². The molecule has 2 aliphatic rings. The third-order valence-corrected chi connectivity index (χ3v) is 4.99. The topological polar surface area (TPSA) is 77.9 Å². The van der Waals surface area contributed by atoms with Crippen LogP contribution in [0.15, 0.2) is 24.3 Å². The number of hydrogen-bond donors (Lipinski definition) is 1. The molecule has 2 amide bonds. The number of carbonyl (C=O) groups is 3. The highest BCUT2D eigenvalue weighted by Crippen LogP contribution is 2.30. The Morgan fingerprint density at radius 3 is 2.62 bits per heavy atom. The molecule has 0 saturated carbocycles. The van der Waals surface area contributed by atoms with Gasteiger partial charge in [0.15, 0.2) is 0 Å². The normalized spacial score (nSPS) is 23.8. The first-order valence-corrected chi connectivity index (χ1v) is 8.41. The fourth-order valence-corrected chi connectivity index (χ4v) is 3.60. The van der Waals surface area contributed by atoms with Gasteiger partial charge in [0.05, 0.1) is 11.8 Å². The average molecular weight is 330 g/mol. The van der Waals surface area contributed by atoms with Crippen LogP contribution in [0.5, 0.6) is 0 Å². The van der Waals surface area contributed by atoms with E-state index in [1.54, 1.807) is 9.80 Å². The van der Waals surface area contributed by atoms with Gasteiger partial charge in [-0.25, -0.2) is 0 Å². The molecule has 24 heavy (non-hydrogen) atoms. The van der Waals surface area contributed by atoms with Gasteiger partial charge in [0.25, 0.3) is 0 Å². The van der Waals surface area contributed by atoms with Crippen LogP contribution < -0.4 is 4.90 Å². The number of hydrogen-bond acceptors (Lipinski definition) is 3. The lowest BCUT2D eigenvalue weighted by Gasteiger charge is -2.22. The Hall–Kier alpha value is -2.37. The van der Waals surface area contributed by atoms with Crippen molar-refractivity contribution in [3.63, 3.8) is 0 Å². The maximum atomic E-state index is 12.6. The van der Waals surface area contributed by atoms with Gasteiger partial charge in [-0.2, -0.15) is 0 Å². The molecule has 0 aromatic heterocycles. The van der Waals surface area contributed by atoms with Gasteiger partial charge >= 0.3 is 5.97 Å². The second-order valence-corrected chi connectivity index (χ2v) is 6.50. The molecular weight excluding hydrogens is 308 g/mol. The second kappa shape index (κ2) is 6.63. The van der Waals surface area contributed by atoms with Gasteiger partial charge in [-0.3, -0.25) is 14.4 Å². The molecular formula is C18H22N2O4. The number of carboxylic acids is 1. The Morgan fingerprint density at radius 1 is 1.21 bits per heavy atom. The van der Waals surface area contributed by atoms with E-state index in [2.05, 4.69) is 0 Å². The molecule has 2 atom stereocenters. The van der Waals surface area contributed by atoms with Crippen molar-refractivity contribution < 1.29 is 19.5 Å². The zero-order valence-electron chi connectivity index (χ0n) is 13.8. The molecule has 3 rings (SSSR count). The van der Waals surface area contributed by atoms with E-state index >= 15 is 0 Å². The van der Waals surface area contributed by atoms with E-state index in [-0.39, 0.29) is 30.7 Å². The Labute approximate surface area is 141 Å². The number of likely N-dealkylation sites (tertiary alicyclic amines) is 1. The number of benzene rings is 1. The van der Waals surface area contributed by atoms with Crippen LogP contribution in [0.1, 0.15) is 25.3 Å². The monoisotopic (exact) mass is 330 g/mol. The summed E-state index contributed by atoms with van der Waals surface area (Å²) in [4.78, 5) is 39.4. The number of carboxylic acid groups (broad SMARTS) is 1. The van der Waals surface area contributed by atoms with Crippen LogP contribution in [0.3, 0.4) is 0 Å². The predicted molar refractivity (Wildman–Crippen MR) is 88.6 cm³/mol. The van der Waals surface area contributed by atoms with E-state index in [4.69, 9.17) is 5.11 Å². The van der Waals surface area contributed by atoms with E-state index in [1.807, 2.05) is 31.2 Å². The van der Waals surface area contributed by atoms with E-state index < -0.39 is 11.9 Å². The molecule has 2 aliphatic heterocycles. The Balaban J connectivity index is 1.71. The molecule has 2 fully saturated rings. The molecule has 1 aromatic carbocycles. The van der Waals surface area contributed by atoms with Crippen molar-refractivity contribution in [1.82, 2.24) is 4.90 Å². The van der Waals surface area contributed by atoms with Gasteiger partial charge < -0.3 is 14.9 Å². The quantitative estimate of drug-likeness (QED) is 0.908. The minimum Gasteiger partial charge on any atom is -0.481 e. The summed E-state index contributed by atoms with van der Waals surface area (Å²) in [5.74, 6) is -1.85. The first kappa shape index (κ1) is 16.5. The number of para-hydroxylation sites is 1. The van der Waals surface area contributed by atoms with Crippen LogP contribution >= 0.6 is 0 Å². The van der Waals surface area contributed by atoms with Crippen molar-refractivity contribution in [3.05, 3.63) is 29.8 Å². The smallest absolute Gasteiger partial charge is 0.308 e. The Morgan fingerprint density at radius 2 is 1.96 bits per heavy atom. The first-order valence-electron chi connectivity index (χ1n) is 8.41. The summed E-state index contributed by atoms with van der Waals surface area (Å²) in [6, 6.07) is 7.76. The maximum Gasteiger partial charge on any atom is 0.308 e. The minimum absolute atomic E-state index is 0.0387. The molecule has 0 spiro atoms. The number of nitrogens with zero attached hydrogens (tertiary/aromatic N) is 2. The van der Waals surface area contributed by atoms with Crippen molar-refractivity contribution in [2.24, 2.45) is 11.8 Å². The van der Waals surface area contributed by atoms with Crippen molar-refractivity contribution in [1.29, 1.82) is 0 Å². The van der Waals surface area contributed by atoms with E-state index in [9.17, 15) is 14.4 Å². The van der Waals surface area contributed by atoms with Gasteiger partial charge in [0.1, 0.15) is 0 Å². The molecule has 6 nitrogen and oxygen atoms in total. The maximum absolute atomic E-state index is 12.6. The third kappa shape index (κ3) is 3.00. The van der Waals surface area contributed by atoms with Crippen LogP contribution in [-0.4, -0.2) is 47.4 Å². The largest absolute Gasteiger partial charge is 0.481 e. The van der Waals surface area contributed by atoms with E-state index in [1.165, 1.54) is 0 Å². The summed E-state index contributed by atoms with van der Waals surface area (Å²) in [6.07, 6.45) is 1.51. The highest BCUT2D eigenvalue weighted by Gasteiger charge is 2.40. The summed E-state index contributed by atoms with van der Waals surface area (Å²) >= 11 is 0. The van der Waals surface area contributed by atoms with Gasteiger partial charge in [-0.15, -0.1) is 0 Å². The molecule has 0 aliphatic carbocycles. The van der Waals surface area contributed by atoms with Crippen LogP contribution in [0, 0.1) is 11.8 Å². The summed E-state index contributed by atoms with van der Waals surface area (Å²) in [5.41, 5.74) is 1.97. The summed E-state index contributed by atoms with van der Waals surface area (Å²) < 4.78 is 0. The second-order valence-electron chi connectivity index (χ2n) is 6.50. The number of amides is 2. The number of rotatable bonds is 4. The SMILES string of the molecule is CCc1ccccc1N1C[C@H](C(=O)N2CC[C@H](C(=O)O)C2)CC1=O. The standard InChI is InChI=1S/C18H22N2O4/c1-2-12-5-3-4-6-15(12)20-11-14(9-16(20)21)17(22)19-8-7-13(10-19)18(23)24/h3-6,13-14H,2,7-11H2,1H3,(H,23,24)/t13-,14+/m0/s1. The van der Waals surface area contributed by atoms with Crippen LogP contribution in [0.4, 0.5) is 5.69 Å². The van der Waals surface area contributed by atoms with Gasteiger partial charge in [-0.1, -0.05) is 25.1 Å². The van der Waals surface area contributed by atoms with E-state index in [0.717, 1.165) is 17.7 Å². The number of aliphatic carboxylic acids is 1. The lowest BCUT2D eigenvalue weighted by molar-refractivity contribution is -0.141. The fraction of sp³-hybridized carbons (Fsp3) is 0.500. The number of carbonyl (C=O) groups excluding carboxylic acids is 2. The zero-order valence-corrected chi connectivity index (χ0v) is 13.8. The van der Waals surface area contributed by atoms with Gasteiger partial charge in [0, 0.05) is 31.7 Å². The van der Waals surface area contributed by atoms with Crippen LogP contribution in [0.2, 0.25) is 0 Å². The summed E-state index contributed by atoms with van der Waals surface area (Å²) in [7, 11) is 0. The highest BCUT2D eigenvalue weighted by atomic mass is 16.4. The summed E-state index contributed by atoms with van der Waals surface area (Å²) in [5, 5.41) is 9.07. The Bertz CT molecular complexity index is 673. The summed E-state index contributed by atoms with van der Waals surface area (Å²) in [6.45, 7) is 3.14. The average Bonchev–Trinajstić information content (AvgIpc) is 3.21. The Kier molecular flexibility index (Phi) is 4.55.